The van der Waals surface area contributed by atoms with Gasteiger partial charge >= 0.3 is 31.3 Å². The highest BCUT2D eigenvalue weighted by molar-refractivity contribution is 7.88. The third kappa shape index (κ3) is 6.26. The van der Waals surface area contributed by atoms with E-state index in [1.165, 1.54) is 24.3 Å². The molecule has 52 heavy (non-hydrogen) atoms. The molecule has 0 atom stereocenters. The second kappa shape index (κ2) is 12.1. The molecule has 6 nitrogen and oxygen atoms in total. The summed E-state index contributed by atoms with van der Waals surface area (Å²) in [5, 5.41) is 3.75. The Bertz CT molecular complexity index is 2650. The molecule has 7 rings (SSSR count). The summed E-state index contributed by atoms with van der Waals surface area (Å²) >= 11 is 0. The van der Waals surface area contributed by atoms with E-state index >= 15 is 0 Å². The summed E-state index contributed by atoms with van der Waals surface area (Å²) in [5.74, 6) is -1.20. The van der Waals surface area contributed by atoms with Gasteiger partial charge < -0.3 is 8.37 Å². The number of fused-ring (bicyclic) bond motifs is 6. The smallest absolute Gasteiger partial charge is 0.376 e. The lowest BCUT2D eigenvalue weighted by atomic mass is 9.86. The van der Waals surface area contributed by atoms with Gasteiger partial charge in [-0.05, 0) is 110 Å². The van der Waals surface area contributed by atoms with E-state index < -0.39 is 42.8 Å². The van der Waals surface area contributed by atoms with Gasteiger partial charge in [0.15, 0.2) is 0 Å². The van der Waals surface area contributed by atoms with Crippen molar-refractivity contribution in [2.75, 3.05) is 0 Å². The fourth-order valence-electron chi connectivity index (χ4n) is 6.43. The fraction of sp³-hybridized carbons (Fsp3) is 0.105. The van der Waals surface area contributed by atoms with Crippen molar-refractivity contribution in [3.63, 3.8) is 0 Å². The molecule has 7 aromatic rings. The van der Waals surface area contributed by atoms with Crippen molar-refractivity contribution in [2.24, 2.45) is 0 Å². The van der Waals surface area contributed by atoms with Crippen molar-refractivity contribution in [3.8, 4) is 33.8 Å². The lowest BCUT2D eigenvalue weighted by Crippen LogP contribution is -2.28. The summed E-state index contributed by atoms with van der Waals surface area (Å²) in [6.07, 6.45) is 0. The van der Waals surface area contributed by atoms with Gasteiger partial charge in [0.25, 0.3) is 0 Å². The van der Waals surface area contributed by atoms with E-state index in [9.17, 15) is 43.2 Å². The van der Waals surface area contributed by atoms with Crippen LogP contribution in [0, 0.1) is 13.8 Å². The van der Waals surface area contributed by atoms with E-state index in [1.807, 2.05) is 56.3 Å². The molecule has 0 saturated heterocycles. The highest BCUT2D eigenvalue weighted by Crippen LogP contribution is 2.45. The van der Waals surface area contributed by atoms with Gasteiger partial charge in [0.05, 0.1) is 0 Å². The molecule has 0 aliphatic carbocycles. The molecule has 0 saturated carbocycles. The summed E-state index contributed by atoms with van der Waals surface area (Å²) in [4.78, 5) is 0. The maximum absolute atomic E-state index is 13.3. The van der Waals surface area contributed by atoms with Crippen LogP contribution in [-0.2, 0) is 20.2 Å². The largest absolute Gasteiger partial charge is 0.534 e. The Morgan fingerprint density at radius 2 is 0.827 bits per heavy atom. The molecular weight excluding hydrogens is 731 g/mol. The molecule has 0 N–H and O–H groups in total. The molecule has 0 aromatic heterocycles. The van der Waals surface area contributed by atoms with Crippen LogP contribution in [0.2, 0.25) is 0 Å². The van der Waals surface area contributed by atoms with Crippen molar-refractivity contribution in [2.45, 2.75) is 24.9 Å². The minimum absolute atomic E-state index is 0.312. The van der Waals surface area contributed by atoms with E-state index in [2.05, 4.69) is 8.37 Å². The van der Waals surface area contributed by atoms with Crippen LogP contribution in [0.4, 0.5) is 26.3 Å². The number of hydrogen-bond donors (Lipinski definition) is 0. The second-order valence-corrected chi connectivity index (χ2v) is 15.3. The monoisotopic (exact) mass is 754 g/mol. The minimum atomic E-state index is -6.01. The normalized spacial score (nSPS) is 12.9. The van der Waals surface area contributed by atoms with Gasteiger partial charge in [0.2, 0.25) is 0 Å². The van der Waals surface area contributed by atoms with Crippen LogP contribution in [0.25, 0.3) is 65.3 Å². The van der Waals surface area contributed by atoms with Crippen LogP contribution in [0.15, 0.2) is 109 Å². The Hall–Kier alpha value is -5.34. The number of hydrogen-bond acceptors (Lipinski definition) is 6. The molecule has 0 unspecified atom stereocenters. The SMILES string of the molecule is Cc1cc(C)cc(-c2ccc(-c3c4c(ccc5ccc(OS(=O)(=O)C(F)(F)F)cc54)cc4ccc5ccc(OS(=O)(=O)C(F)(F)F)cc5c34)cc2)c1. The van der Waals surface area contributed by atoms with Gasteiger partial charge in [-0.25, -0.2) is 0 Å². The first-order valence-corrected chi connectivity index (χ1v) is 18.2. The predicted octanol–water partition coefficient (Wildman–Crippen LogP) is 10.7. The topological polar surface area (TPSA) is 86.7 Å². The van der Waals surface area contributed by atoms with Gasteiger partial charge in [-0.1, -0.05) is 90.0 Å². The summed E-state index contributed by atoms with van der Waals surface area (Å²) in [7, 11) is -12.0. The Morgan fingerprint density at radius 1 is 0.442 bits per heavy atom. The van der Waals surface area contributed by atoms with E-state index in [-0.39, 0.29) is 0 Å². The molecule has 0 spiro atoms. The number of rotatable bonds is 6. The van der Waals surface area contributed by atoms with Crippen LogP contribution in [0.3, 0.4) is 0 Å². The van der Waals surface area contributed by atoms with E-state index in [1.54, 1.807) is 30.3 Å². The van der Waals surface area contributed by atoms with Gasteiger partial charge in [0.1, 0.15) is 11.5 Å². The van der Waals surface area contributed by atoms with Crippen LogP contribution in [0.1, 0.15) is 11.1 Å². The van der Waals surface area contributed by atoms with Crippen molar-refractivity contribution in [1.29, 1.82) is 0 Å². The first kappa shape index (κ1) is 35.1. The van der Waals surface area contributed by atoms with Crippen LogP contribution < -0.4 is 8.37 Å². The van der Waals surface area contributed by atoms with Gasteiger partial charge in [-0.2, -0.15) is 43.2 Å². The van der Waals surface area contributed by atoms with Gasteiger partial charge in [-0.15, -0.1) is 0 Å². The first-order valence-electron chi connectivity index (χ1n) is 15.4. The standard InChI is InChI=1S/C38H24F6O6S2/c1-21-15-22(2)17-29(16-21)23-3-7-26(8-4-23)36-34-27(9-5-24-11-13-30(19-32(24)34)49-51(45,46)37(39,40)41)18-28-10-6-25-12-14-31(20-33(25)35(28)36)50-52(47,48)38(42,43)44/h3-20H,1-2H3. The number of halogens is 6. The number of alkyl halides is 6. The number of aryl methyl sites for hydroxylation is 2. The summed E-state index contributed by atoms with van der Waals surface area (Å²) < 4.78 is 136. The van der Waals surface area contributed by atoms with Crippen molar-refractivity contribution in [1.82, 2.24) is 0 Å². The molecule has 0 aliphatic heterocycles. The Morgan fingerprint density at radius 3 is 1.25 bits per heavy atom. The van der Waals surface area contributed by atoms with E-state index in [0.717, 1.165) is 34.4 Å². The fourth-order valence-corrected chi connectivity index (χ4v) is 7.34. The highest BCUT2D eigenvalue weighted by atomic mass is 32.2. The third-order valence-electron chi connectivity index (χ3n) is 8.57. The molecule has 0 bridgehead atoms. The molecule has 266 valence electrons. The van der Waals surface area contributed by atoms with Crippen LogP contribution in [-0.4, -0.2) is 27.9 Å². The number of benzene rings is 7. The lowest BCUT2D eigenvalue weighted by molar-refractivity contribution is -0.0504. The zero-order valence-electron chi connectivity index (χ0n) is 26.9. The lowest BCUT2D eigenvalue weighted by Gasteiger charge is -2.18. The predicted molar refractivity (Wildman–Crippen MR) is 188 cm³/mol. The van der Waals surface area contributed by atoms with Crippen molar-refractivity contribution < 1.29 is 51.5 Å². The van der Waals surface area contributed by atoms with E-state index in [0.29, 0.717) is 54.2 Å². The minimum Gasteiger partial charge on any atom is -0.376 e. The van der Waals surface area contributed by atoms with Crippen molar-refractivity contribution >= 4 is 63.3 Å². The van der Waals surface area contributed by atoms with Crippen LogP contribution >= 0.6 is 0 Å². The zero-order chi connectivity index (χ0) is 37.4. The third-order valence-corrected chi connectivity index (χ3v) is 10.5. The van der Waals surface area contributed by atoms with Gasteiger partial charge in [-0.3, -0.25) is 0 Å². The molecular formula is C38H24F6O6S2. The highest BCUT2D eigenvalue weighted by Gasteiger charge is 2.49. The summed E-state index contributed by atoms with van der Waals surface area (Å²) in [6, 6.07) is 29.5. The van der Waals surface area contributed by atoms with E-state index in [4.69, 9.17) is 0 Å². The van der Waals surface area contributed by atoms with Gasteiger partial charge in [0, 0.05) is 0 Å². The Kier molecular flexibility index (Phi) is 8.18. The zero-order valence-corrected chi connectivity index (χ0v) is 28.6. The van der Waals surface area contributed by atoms with Crippen LogP contribution in [0.5, 0.6) is 11.5 Å². The average molecular weight is 755 g/mol. The Labute approximate surface area is 293 Å². The molecule has 0 radical (unpaired) electrons. The molecule has 0 fully saturated rings. The maximum Gasteiger partial charge on any atom is 0.534 e. The van der Waals surface area contributed by atoms with Crippen molar-refractivity contribution in [3.05, 3.63) is 120 Å². The molecule has 0 heterocycles. The second-order valence-electron chi connectivity index (χ2n) is 12.3. The molecule has 0 amide bonds. The maximum atomic E-state index is 13.3. The molecule has 14 heteroatoms. The summed E-state index contributed by atoms with van der Waals surface area (Å²) in [6.45, 7) is 3.94. The first-order chi connectivity index (χ1) is 24.3. The quantitative estimate of drug-likeness (QED) is 0.0552. The molecule has 0 aliphatic rings. The molecule has 7 aromatic carbocycles. The summed E-state index contributed by atoms with van der Waals surface area (Å²) in [5.41, 5.74) is -6.37. The average Bonchev–Trinajstić information content (AvgIpc) is 3.05. The Balaban J connectivity index is 1.56.